The van der Waals surface area contributed by atoms with Crippen molar-refractivity contribution in [1.29, 1.82) is 0 Å². The Bertz CT molecular complexity index is 601. The van der Waals surface area contributed by atoms with Gasteiger partial charge in [-0.15, -0.1) is 11.3 Å². The van der Waals surface area contributed by atoms with Crippen molar-refractivity contribution in [1.82, 2.24) is 10.6 Å². The maximum atomic E-state index is 12.3. The average molecular weight is 314 g/mol. The minimum absolute atomic E-state index is 0.0640. The summed E-state index contributed by atoms with van der Waals surface area (Å²) in [4.78, 5) is 13.5. The maximum Gasteiger partial charge on any atom is 0.315 e. The number of rotatable bonds is 4. The lowest BCUT2D eigenvalue weighted by Gasteiger charge is -2.20. The number of amides is 2. The molecule has 1 heterocycles. The van der Waals surface area contributed by atoms with Crippen LogP contribution in [0.5, 0.6) is 0 Å². The molecule has 1 atom stereocenters. The molecule has 1 aromatic heterocycles. The van der Waals surface area contributed by atoms with Crippen LogP contribution in [0.25, 0.3) is 0 Å². The van der Waals surface area contributed by atoms with E-state index in [0.717, 1.165) is 23.3 Å². The molecular weight excluding hydrogens is 292 g/mol. The molecule has 1 aliphatic rings. The van der Waals surface area contributed by atoms with Crippen LogP contribution in [-0.2, 0) is 0 Å². The van der Waals surface area contributed by atoms with Crippen molar-refractivity contribution >= 4 is 17.4 Å². The Kier molecular flexibility index (Phi) is 4.78. The van der Waals surface area contributed by atoms with Crippen molar-refractivity contribution in [3.8, 4) is 0 Å². The third-order valence-electron chi connectivity index (χ3n) is 4.20. The summed E-state index contributed by atoms with van der Waals surface area (Å²) in [7, 11) is 0. The van der Waals surface area contributed by atoms with Gasteiger partial charge in [0.25, 0.3) is 0 Å². The number of hydrogen-bond donors (Lipinski definition) is 2. The van der Waals surface area contributed by atoms with Crippen LogP contribution in [0.2, 0.25) is 0 Å². The Morgan fingerprint density at radius 2 is 1.91 bits per heavy atom. The van der Waals surface area contributed by atoms with E-state index in [-0.39, 0.29) is 12.1 Å². The molecule has 4 heteroatoms. The van der Waals surface area contributed by atoms with Gasteiger partial charge in [0.2, 0.25) is 0 Å². The highest BCUT2D eigenvalue weighted by Crippen LogP contribution is 2.26. The molecule has 1 fully saturated rings. The summed E-state index contributed by atoms with van der Waals surface area (Å²) < 4.78 is 0. The quantitative estimate of drug-likeness (QED) is 0.863. The first-order valence-corrected chi connectivity index (χ1v) is 8.77. The Morgan fingerprint density at radius 3 is 2.55 bits per heavy atom. The number of urea groups is 1. The first kappa shape index (κ1) is 15.1. The van der Waals surface area contributed by atoms with Gasteiger partial charge in [-0.1, -0.05) is 48.7 Å². The fourth-order valence-corrected chi connectivity index (χ4v) is 3.76. The van der Waals surface area contributed by atoms with E-state index < -0.39 is 0 Å². The summed E-state index contributed by atoms with van der Waals surface area (Å²) in [5, 5.41) is 8.30. The maximum absolute atomic E-state index is 12.3. The fourth-order valence-electron chi connectivity index (χ4n) is 2.96. The Balaban J connectivity index is 1.74. The van der Waals surface area contributed by atoms with Gasteiger partial charge in [0, 0.05) is 10.9 Å². The number of thiophene rings is 1. The first-order chi connectivity index (χ1) is 10.7. The molecule has 2 N–H and O–H groups in total. The average Bonchev–Trinajstić information content (AvgIpc) is 3.19. The van der Waals surface area contributed by atoms with Crippen LogP contribution in [0.4, 0.5) is 4.79 Å². The number of hydrogen-bond acceptors (Lipinski definition) is 2. The topological polar surface area (TPSA) is 41.1 Å². The molecule has 0 radical (unpaired) electrons. The van der Waals surface area contributed by atoms with Gasteiger partial charge in [0.05, 0.1) is 6.04 Å². The smallest absolute Gasteiger partial charge is 0.315 e. The van der Waals surface area contributed by atoms with Crippen LogP contribution in [0.3, 0.4) is 0 Å². The Labute approximate surface area is 135 Å². The van der Waals surface area contributed by atoms with Gasteiger partial charge >= 0.3 is 6.03 Å². The molecule has 2 aromatic rings. The normalized spacial score (nSPS) is 16.4. The molecule has 22 heavy (non-hydrogen) atoms. The third-order valence-corrected chi connectivity index (χ3v) is 5.14. The van der Waals surface area contributed by atoms with Crippen molar-refractivity contribution in [3.63, 3.8) is 0 Å². The predicted octanol–water partition coefficient (Wildman–Crippen LogP) is 4.39. The molecule has 0 bridgehead atoms. The second kappa shape index (κ2) is 6.97. The zero-order chi connectivity index (χ0) is 15.4. The lowest BCUT2D eigenvalue weighted by Crippen LogP contribution is -2.42. The molecular formula is C18H22N2OS. The van der Waals surface area contributed by atoms with Crippen molar-refractivity contribution in [2.75, 3.05) is 0 Å². The summed E-state index contributed by atoms with van der Waals surface area (Å²) in [5.74, 6) is 0. The van der Waals surface area contributed by atoms with Gasteiger partial charge in [0.15, 0.2) is 0 Å². The van der Waals surface area contributed by atoms with E-state index in [1.54, 1.807) is 11.3 Å². The fraction of sp³-hybridized carbons (Fsp3) is 0.389. The van der Waals surface area contributed by atoms with Gasteiger partial charge < -0.3 is 10.6 Å². The van der Waals surface area contributed by atoms with E-state index in [1.165, 1.54) is 18.4 Å². The largest absolute Gasteiger partial charge is 0.335 e. The number of carbonyl (C=O) groups excluding carboxylic acids is 1. The summed E-state index contributed by atoms with van der Waals surface area (Å²) in [6.45, 7) is 2.07. The lowest BCUT2D eigenvalue weighted by atomic mass is 10.0. The van der Waals surface area contributed by atoms with Crippen LogP contribution in [-0.4, -0.2) is 12.1 Å². The van der Waals surface area contributed by atoms with Gasteiger partial charge in [0.1, 0.15) is 0 Å². The highest BCUT2D eigenvalue weighted by Gasteiger charge is 2.21. The van der Waals surface area contributed by atoms with E-state index in [9.17, 15) is 4.79 Å². The summed E-state index contributed by atoms with van der Waals surface area (Å²) in [6.07, 6.45) is 4.64. The van der Waals surface area contributed by atoms with E-state index in [2.05, 4.69) is 47.9 Å². The molecule has 0 saturated heterocycles. The molecule has 3 rings (SSSR count). The number of aryl methyl sites for hydroxylation is 1. The first-order valence-electron chi connectivity index (χ1n) is 7.89. The van der Waals surface area contributed by atoms with Crippen LogP contribution >= 0.6 is 11.3 Å². The number of benzene rings is 1. The molecule has 0 spiro atoms. The van der Waals surface area contributed by atoms with Crippen LogP contribution in [0.15, 0.2) is 41.8 Å². The Morgan fingerprint density at radius 1 is 1.18 bits per heavy atom. The van der Waals surface area contributed by atoms with Gasteiger partial charge in [-0.3, -0.25) is 0 Å². The molecule has 116 valence electrons. The van der Waals surface area contributed by atoms with Crippen molar-refractivity contribution in [2.24, 2.45) is 0 Å². The van der Waals surface area contributed by atoms with Gasteiger partial charge in [-0.2, -0.15) is 0 Å². The molecule has 0 unspecified atom stereocenters. The highest BCUT2D eigenvalue weighted by atomic mass is 32.1. The lowest BCUT2D eigenvalue weighted by molar-refractivity contribution is 0.235. The summed E-state index contributed by atoms with van der Waals surface area (Å²) in [6, 6.07) is 12.7. The SMILES string of the molecule is Cc1ccc([C@@H](NC(=O)NC2CCCC2)c2cccs2)cc1. The number of carbonyl (C=O) groups is 1. The standard InChI is InChI=1S/C18H22N2OS/c1-13-8-10-14(11-9-13)17(16-7-4-12-22-16)20-18(21)19-15-5-2-3-6-15/h4,7-12,15,17H,2-3,5-6H2,1H3,(H2,19,20,21)/t17-/m1/s1. The van der Waals surface area contributed by atoms with Gasteiger partial charge in [-0.05, 0) is 36.8 Å². The van der Waals surface area contributed by atoms with Crippen LogP contribution in [0, 0.1) is 6.92 Å². The van der Waals surface area contributed by atoms with E-state index in [1.807, 2.05) is 11.4 Å². The van der Waals surface area contributed by atoms with Crippen molar-refractivity contribution in [3.05, 3.63) is 57.8 Å². The third kappa shape index (κ3) is 3.69. The van der Waals surface area contributed by atoms with Gasteiger partial charge in [-0.25, -0.2) is 4.79 Å². The molecule has 3 nitrogen and oxygen atoms in total. The predicted molar refractivity (Wildman–Crippen MR) is 91.3 cm³/mol. The zero-order valence-corrected chi connectivity index (χ0v) is 13.7. The minimum atomic E-state index is -0.0815. The molecule has 0 aliphatic heterocycles. The van der Waals surface area contributed by atoms with Crippen LogP contribution < -0.4 is 10.6 Å². The molecule has 1 aromatic carbocycles. The van der Waals surface area contributed by atoms with Crippen LogP contribution in [0.1, 0.15) is 47.7 Å². The van der Waals surface area contributed by atoms with Crippen molar-refractivity contribution in [2.45, 2.75) is 44.7 Å². The zero-order valence-electron chi connectivity index (χ0n) is 12.8. The molecule has 2 amide bonds. The van der Waals surface area contributed by atoms with E-state index in [0.29, 0.717) is 6.04 Å². The van der Waals surface area contributed by atoms with Crippen molar-refractivity contribution < 1.29 is 4.79 Å². The monoisotopic (exact) mass is 314 g/mol. The highest BCUT2D eigenvalue weighted by molar-refractivity contribution is 7.10. The second-order valence-corrected chi connectivity index (χ2v) is 6.94. The minimum Gasteiger partial charge on any atom is -0.335 e. The molecule has 1 aliphatic carbocycles. The number of nitrogens with one attached hydrogen (secondary N) is 2. The summed E-state index contributed by atoms with van der Waals surface area (Å²) in [5.41, 5.74) is 2.35. The second-order valence-electron chi connectivity index (χ2n) is 5.96. The van der Waals surface area contributed by atoms with E-state index in [4.69, 9.17) is 0 Å². The molecule has 1 saturated carbocycles. The van der Waals surface area contributed by atoms with E-state index >= 15 is 0 Å². The Hall–Kier alpha value is -1.81. The summed E-state index contributed by atoms with van der Waals surface area (Å²) >= 11 is 1.67.